The molecule has 1 saturated heterocycles. The molecule has 1 aromatic carbocycles. The van der Waals surface area contributed by atoms with Gasteiger partial charge in [-0.25, -0.2) is 4.39 Å². The van der Waals surface area contributed by atoms with E-state index in [1.54, 1.807) is 6.07 Å². The topological polar surface area (TPSA) is 32.7 Å². The molecule has 3 nitrogen and oxygen atoms in total. The third-order valence-electron chi connectivity index (χ3n) is 3.58. The third-order valence-corrected chi connectivity index (χ3v) is 3.58. The summed E-state index contributed by atoms with van der Waals surface area (Å²) >= 11 is 0. The lowest BCUT2D eigenvalue weighted by atomic mass is 9.97. The zero-order valence-electron chi connectivity index (χ0n) is 11.1. The van der Waals surface area contributed by atoms with Crippen LogP contribution in [-0.4, -0.2) is 36.3 Å². The van der Waals surface area contributed by atoms with Crippen LogP contribution in [0.15, 0.2) is 18.2 Å². The Morgan fingerprint density at radius 1 is 1.30 bits per heavy atom. The average molecular weight is 289 g/mol. The fourth-order valence-corrected chi connectivity index (χ4v) is 2.42. The van der Waals surface area contributed by atoms with Gasteiger partial charge in [0.1, 0.15) is 0 Å². The molecule has 0 saturated carbocycles. The van der Waals surface area contributed by atoms with Gasteiger partial charge in [-0.15, -0.1) is 0 Å². The molecule has 1 heterocycles. The molecule has 0 amide bonds. The van der Waals surface area contributed by atoms with Gasteiger partial charge in [-0.05, 0) is 49.5 Å². The number of rotatable bonds is 5. The van der Waals surface area contributed by atoms with E-state index in [4.69, 9.17) is 5.11 Å². The van der Waals surface area contributed by atoms with Crippen molar-refractivity contribution in [3.05, 3.63) is 29.6 Å². The van der Waals surface area contributed by atoms with Crippen LogP contribution in [0.25, 0.3) is 0 Å². The second-order valence-electron chi connectivity index (χ2n) is 5.05. The van der Waals surface area contributed by atoms with Gasteiger partial charge in [0.2, 0.25) is 0 Å². The van der Waals surface area contributed by atoms with Crippen LogP contribution < -0.4 is 4.74 Å². The first-order chi connectivity index (χ1) is 9.58. The molecule has 6 heteroatoms. The van der Waals surface area contributed by atoms with Crippen molar-refractivity contribution in [3.63, 3.8) is 0 Å². The normalized spacial score (nSPS) is 17.6. The monoisotopic (exact) mass is 289 g/mol. The number of piperidine rings is 1. The maximum absolute atomic E-state index is 13.6. The number of nitrogens with zero attached hydrogens (tertiary/aromatic N) is 1. The zero-order valence-corrected chi connectivity index (χ0v) is 11.1. The second-order valence-corrected chi connectivity index (χ2v) is 5.05. The average Bonchev–Trinajstić information content (AvgIpc) is 2.42. The Balaban J connectivity index is 1.92. The largest absolute Gasteiger partial charge is 0.432 e. The fraction of sp³-hybridized carbons (Fsp3) is 0.571. The van der Waals surface area contributed by atoms with E-state index >= 15 is 0 Å². The predicted octanol–water partition coefficient (Wildman–Crippen LogP) is 2.63. The highest BCUT2D eigenvalue weighted by atomic mass is 19.3. The molecule has 1 aliphatic rings. The quantitative estimate of drug-likeness (QED) is 0.904. The molecule has 112 valence electrons. The van der Waals surface area contributed by atoms with E-state index in [2.05, 4.69) is 9.64 Å². The molecular weight excluding hydrogens is 271 g/mol. The van der Waals surface area contributed by atoms with Crippen LogP contribution in [0.2, 0.25) is 0 Å². The van der Waals surface area contributed by atoms with Crippen LogP contribution in [0, 0.1) is 11.7 Å². The van der Waals surface area contributed by atoms with Gasteiger partial charge in [-0.3, -0.25) is 4.90 Å². The second kappa shape index (κ2) is 6.95. The summed E-state index contributed by atoms with van der Waals surface area (Å²) in [5.41, 5.74) is 0.728. The van der Waals surface area contributed by atoms with Crippen molar-refractivity contribution in [3.8, 4) is 5.75 Å². The van der Waals surface area contributed by atoms with Crippen molar-refractivity contribution >= 4 is 0 Å². The number of benzene rings is 1. The van der Waals surface area contributed by atoms with Crippen molar-refractivity contribution < 1.29 is 23.0 Å². The van der Waals surface area contributed by atoms with Crippen LogP contribution in [0.4, 0.5) is 13.2 Å². The number of aliphatic hydroxyl groups excluding tert-OH is 1. The first-order valence-electron chi connectivity index (χ1n) is 6.65. The third kappa shape index (κ3) is 4.11. The summed E-state index contributed by atoms with van der Waals surface area (Å²) in [5, 5.41) is 9.06. The lowest BCUT2D eigenvalue weighted by molar-refractivity contribution is -0.0522. The van der Waals surface area contributed by atoms with Crippen molar-refractivity contribution in [2.45, 2.75) is 26.0 Å². The SMILES string of the molecule is OCC1CCN(Cc2ccc(OC(F)F)c(F)c2)CC1. The molecule has 0 aromatic heterocycles. The minimum Gasteiger partial charge on any atom is -0.432 e. The number of ether oxygens (including phenoxy) is 1. The fourth-order valence-electron chi connectivity index (χ4n) is 2.42. The summed E-state index contributed by atoms with van der Waals surface area (Å²) in [7, 11) is 0. The van der Waals surface area contributed by atoms with Gasteiger partial charge in [0.25, 0.3) is 0 Å². The predicted molar refractivity (Wildman–Crippen MR) is 68.1 cm³/mol. The summed E-state index contributed by atoms with van der Waals surface area (Å²) in [6, 6.07) is 4.06. The zero-order chi connectivity index (χ0) is 14.5. The van der Waals surface area contributed by atoms with Gasteiger partial charge in [0, 0.05) is 13.2 Å². The summed E-state index contributed by atoms with van der Waals surface area (Å²) in [6.07, 6.45) is 1.84. The van der Waals surface area contributed by atoms with Gasteiger partial charge in [-0.2, -0.15) is 8.78 Å². The summed E-state index contributed by atoms with van der Waals surface area (Å²) < 4.78 is 41.7. The van der Waals surface area contributed by atoms with Crippen LogP contribution >= 0.6 is 0 Å². The van der Waals surface area contributed by atoms with Crippen LogP contribution in [0.1, 0.15) is 18.4 Å². The maximum atomic E-state index is 13.6. The van der Waals surface area contributed by atoms with Crippen LogP contribution in [0.3, 0.4) is 0 Å². The highest BCUT2D eigenvalue weighted by Gasteiger charge is 2.19. The smallest absolute Gasteiger partial charge is 0.387 e. The summed E-state index contributed by atoms with van der Waals surface area (Å²) in [5.74, 6) is -0.847. The van der Waals surface area contributed by atoms with E-state index in [9.17, 15) is 13.2 Å². The Labute approximate surface area is 116 Å². The Morgan fingerprint density at radius 2 is 2.00 bits per heavy atom. The van der Waals surface area contributed by atoms with Gasteiger partial charge < -0.3 is 9.84 Å². The molecule has 2 rings (SSSR count). The van der Waals surface area contributed by atoms with Crippen LogP contribution in [0.5, 0.6) is 5.75 Å². The molecule has 0 radical (unpaired) electrons. The Hall–Kier alpha value is -1.27. The van der Waals surface area contributed by atoms with Crippen LogP contribution in [-0.2, 0) is 6.54 Å². The van der Waals surface area contributed by atoms with E-state index < -0.39 is 18.2 Å². The molecule has 1 aliphatic heterocycles. The number of likely N-dealkylation sites (tertiary alicyclic amines) is 1. The standard InChI is InChI=1S/C14H18F3NO2/c15-12-7-11(1-2-13(12)20-14(16)17)8-18-5-3-10(9-19)4-6-18/h1-2,7,10,14,19H,3-6,8-9H2. The van der Waals surface area contributed by atoms with Gasteiger partial charge in [0.05, 0.1) is 0 Å². The maximum Gasteiger partial charge on any atom is 0.387 e. The molecule has 1 aromatic rings. The van der Waals surface area contributed by atoms with Crippen molar-refractivity contribution in [2.75, 3.05) is 19.7 Å². The van der Waals surface area contributed by atoms with Gasteiger partial charge in [-0.1, -0.05) is 6.07 Å². The number of hydrogen-bond donors (Lipinski definition) is 1. The molecular formula is C14H18F3NO2. The molecule has 0 atom stereocenters. The van der Waals surface area contributed by atoms with E-state index in [1.165, 1.54) is 12.1 Å². The highest BCUT2D eigenvalue weighted by molar-refractivity contribution is 5.29. The highest BCUT2D eigenvalue weighted by Crippen LogP contribution is 2.23. The van der Waals surface area contributed by atoms with Crippen molar-refractivity contribution in [1.29, 1.82) is 0 Å². The van der Waals surface area contributed by atoms with Crippen molar-refractivity contribution in [1.82, 2.24) is 4.90 Å². The van der Waals surface area contributed by atoms with Gasteiger partial charge in [0.15, 0.2) is 11.6 Å². The van der Waals surface area contributed by atoms with E-state index in [1.807, 2.05) is 0 Å². The summed E-state index contributed by atoms with van der Waals surface area (Å²) in [6.45, 7) is -0.538. The molecule has 0 unspecified atom stereocenters. The molecule has 0 spiro atoms. The Kier molecular flexibility index (Phi) is 5.25. The summed E-state index contributed by atoms with van der Waals surface area (Å²) in [4.78, 5) is 2.16. The molecule has 0 aliphatic carbocycles. The van der Waals surface area contributed by atoms with E-state index in [-0.39, 0.29) is 6.61 Å². The number of alkyl halides is 2. The number of aliphatic hydroxyl groups is 1. The lowest BCUT2D eigenvalue weighted by Crippen LogP contribution is -2.34. The Bertz CT molecular complexity index is 434. The molecule has 0 bridgehead atoms. The molecule has 20 heavy (non-hydrogen) atoms. The van der Waals surface area contributed by atoms with E-state index in [0.29, 0.717) is 12.5 Å². The first kappa shape index (κ1) is 15.1. The first-order valence-corrected chi connectivity index (χ1v) is 6.65. The Morgan fingerprint density at radius 3 is 2.55 bits per heavy atom. The molecule has 1 N–H and O–H groups in total. The minimum absolute atomic E-state index is 0.210. The van der Waals surface area contributed by atoms with Crippen molar-refractivity contribution in [2.24, 2.45) is 5.92 Å². The van der Waals surface area contributed by atoms with Gasteiger partial charge >= 0.3 is 6.61 Å². The number of hydrogen-bond acceptors (Lipinski definition) is 3. The number of halogens is 3. The molecule has 1 fully saturated rings. The lowest BCUT2D eigenvalue weighted by Gasteiger charge is -2.31. The minimum atomic E-state index is -3.02. The van der Waals surface area contributed by atoms with E-state index in [0.717, 1.165) is 31.5 Å².